The van der Waals surface area contributed by atoms with Crippen LogP contribution >= 0.6 is 0 Å². The molecule has 12 heavy (non-hydrogen) atoms. The van der Waals surface area contributed by atoms with Gasteiger partial charge in [-0.1, -0.05) is 5.92 Å². The van der Waals surface area contributed by atoms with Gasteiger partial charge in [-0.05, 0) is 0 Å². The molecule has 0 aromatic heterocycles. The monoisotopic (exact) mass is 168 g/mol. The van der Waals surface area contributed by atoms with E-state index in [-0.39, 0.29) is 19.1 Å². The highest BCUT2D eigenvalue weighted by atomic mass is 16.5. The first-order chi connectivity index (χ1) is 5.74. The number of ether oxygens (including phenoxy) is 1. The molecule has 0 aliphatic carbocycles. The molecule has 0 aromatic carbocycles. The number of hydrogen-bond donors (Lipinski definition) is 2. The van der Waals surface area contributed by atoms with Crippen molar-refractivity contribution in [1.82, 2.24) is 10.6 Å². The van der Waals surface area contributed by atoms with Gasteiger partial charge in [0.25, 0.3) is 5.91 Å². The van der Waals surface area contributed by atoms with Crippen molar-refractivity contribution >= 4 is 11.9 Å². The summed E-state index contributed by atoms with van der Waals surface area (Å²) in [5.74, 6) is 1.87. The van der Waals surface area contributed by atoms with Gasteiger partial charge >= 0.3 is 6.03 Å². The van der Waals surface area contributed by atoms with Gasteiger partial charge in [-0.25, -0.2) is 4.79 Å². The maximum Gasteiger partial charge on any atom is 0.322 e. The third kappa shape index (κ3) is 1.97. The van der Waals surface area contributed by atoms with Crippen LogP contribution in [0.5, 0.6) is 0 Å². The molecule has 64 valence electrons. The van der Waals surface area contributed by atoms with Gasteiger partial charge in [-0.3, -0.25) is 10.1 Å². The molecule has 1 atom stereocenters. The van der Waals surface area contributed by atoms with Crippen molar-refractivity contribution in [2.24, 2.45) is 0 Å². The Balaban J connectivity index is 2.29. The summed E-state index contributed by atoms with van der Waals surface area (Å²) in [5.41, 5.74) is 0. The van der Waals surface area contributed by atoms with Gasteiger partial charge in [0, 0.05) is 0 Å². The Morgan fingerprint density at radius 2 is 2.33 bits per heavy atom. The summed E-state index contributed by atoms with van der Waals surface area (Å²) in [6.07, 6.45) is 4.91. The number of imide groups is 1. The van der Waals surface area contributed by atoms with Gasteiger partial charge in [-0.2, -0.15) is 0 Å². The number of carbonyl (C=O) groups is 2. The predicted octanol–water partition coefficient (Wildman–Crippen LogP) is -1.16. The summed E-state index contributed by atoms with van der Waals surface area (Å²) >= 11 is 0. The van der Waals surface area contributed by atoms with E-state index in [9.17, 15) is 9.59 Å². The zero-order valence-corrected chi connectivity index (χ0v) is 6.29. The van der Waals surface area contributed by atoms with E-state index in [1.54, 1.807) is 0 Å². The minimum absolute atomic E-state index is 0.113. The minimum atomic E-state index is -0.606. The van der Waals surface area contributed by atoms with Crippen LogP contribution < -0.4 is 10.6 Å². The van der Waals surface area contributed by atoms with Crippen molar-refractivity contribution in [2.75, 3.05) is 13.2 Å². The normalized spacial score (nSPS) is 21.4. The average molecular weight is 168 g/mol. The zero-order chi connectivity index (χ0) is 8.97. The molecule has 0 radical (unpaired) electrons. The summed E-state index contributed by atoms with van der Waals surface area (Å²) in [4.78, 5) is 21.4. The van der Waals surface area contributed by atoms with Gasteiger partial charge in [0.05, 0.1) is 6.61 Å². The third-order valence-electron chi connectivity index (χ3n) is 1.33. The minimum Gasteiger partial charge on any atom is -0.366 e. The van der Waals surface area contributed by atoms with Crippen LogP contribution in [0.3, 0.4) is 0 Å². The Kier molecular flexibility index (Phi) is 2.66. The summed E-state index contributed by atoms with van der Waals surface area (Å²) in [6, 6.07) is -1.10. The molecular weight excluding hydrogens is 160 g/mol. The predicted molar refractivity (Wildman–Crippen MR) is 40.1 cm³/mol. The highest BCUT2D eigenvalue weighted by molar-refractivity contribution is 6.04. The Labute approximate surface area is 69.5 Å². The number of carbonyl (C=O) groups excluding carboxylic acids is 2. The van der Waals surface area contributed by atoms with E-state index in [1.165, 1.54) is 0 Å². The lowest BCUT2D eigenvalue weighted by molar-refractivity contribution is -0.121. The summed E-state index contributed by atoms with van der Waals surface area (Å²) < 4.78 is 4.87. The van der Waals surface area contributed by atoms with E-state index in [0.717, 1.165) is 0 Å². The maximum atomic E-state index is 10.9. The van der Waals surface area contributed by atoms with Crippen LogP contribution in [0, 0.1) is 12.3 Å². The fourth-order valence-corrected chi connectivity index (χ4v) is 0.812. The first kappa shape index (κ1) is 8.56. The molecule has 1 saturated heterocycles. The van der Waals surface area contributed by atoms with Gasteiger partial charge in [0.2, 0.25) is 0 Å². The molecule has 1 aliphatic heterocycles. The topological polar surface area (TPSA) is 67.4 Å². The second-order valence-corrected chi connectivity index (χ2v) is 2.23. The van der Waals surface area contributed by atoms with Crippen LogP contribution in [-0.4, -0.2) is 31.2 Å². The summed E-state index contributed by atoms with van der Waals surface area (Å²) in [5, 5.41) is 4.44. The van der Waals surface area contributed by atoms with E-state index in [4.69, 9.17) is 11.2 Å². The summed E-state index contributed by atoms with van der Waals surface area (Å²) in [6.45, 7) is 0.251. The van der Waals surface area contributed by atoms with Crippen LogP contribution in [0.1, 0.15) is 0 Å². The van der Waals surface area contributed by atoms with Crippen molar-refractivity contribution in [3.63, 3.8) is 0 Å². The molecule has 1 fully saturated rings. The number of amides is 3. The van der Waals surface area contributed by atoms with Crippen LogP contribution in [0.25, 0.3) is 0 Å². The molecule has 0 saturated carbocycles. The van der Waals surface area contributed by atoms with Gasteiger partial charge < -0.3 is 10.1 Å². The van der Waals surface area contributed by atoms with Crippen LogP contribution in [0.2, 0.25) is 0 Å². The average Bonchev–Trinajstić information content (AvgIpc) is 2.31. The van der Waals surface area contributed by atoms with Gasteiger partial charge in [-0.15, -0.1) is 6.42 Å². The van der Waals surface area contributed by atoms with Crippen molar-refractivity contribution in [3.8, 4) is 12.3 Å². The Morgan fingerprint density at radius 3 is 2.83 bits per heavy atom. The molecule has 1 heterocycles. The van der Waals surface area contributed by atoms with Crippen LogP contribution in [0.4, 0.5) is 4.79 Å². The quantitative estimate of drug-likeness (QED) is 0.317. The second kappa shape index (κ2) is 3.74. The molecule has 5 heteroatoms. The SMILES string of the molecule is C#CCOCC1NC(=O)NC1=O. The van der Waals surface area contributed by atoms with Crippen LogP contribution in [-0.2, 0) is 9.53 Å². The van der Waals surface area contributed by atoms with E-state index in [1.807, 2.05) is 0 Å². The Bertz CT molecular complexity index is 244. The largest absolute Gasteiger partial charge is 0.366 e. The first-order valence-electron chi connectivity index (χ1n) is 3.36. The van der Waals surface area contributed by atoms with Crippen LogP contribution in [0.15, 0.2) is 0 Å². The van der Waals surface area contributed by atoms with Crippen molar-refractivity contribution in [3.05, 3.63) is 0 Å². The molecule has 1 aliphatic rings. The molecule has 3 amide bonds. The number of hydrogen-bond acceptors (Lipinski definition) is 3. The molecule has 0 bridgehead atoms. The van der Waals surface area contributed by atoms with Gasteiger partial charge in [0.15, 0.2) is 0 Å². The number of nitrogens with one attached hydrogen (secondary N) is 2. The number of rotatable bonds is 3. The fourth-order valence-electron chi connectivity index (χ4n) is 0.812. The van der Waals surface area contributed by atoms with E-state index in [2.05, 4.69) is 16.6 Å². The molecule has 5 nitrogen and oxygen atoms in total. The van der Waals surface area contributed by atoms with Crippen molar-refractivity contribution in [2.45, 2.75) is 6.04 Å². The summed E-state index contributed by atoms with van der Waals surface area (Å²) in [7, 11) is 0. The molecule has 2 N–H and O–H groups in total. The second-order valence-electron chi connectivity index (χ2n) is 2.23. The molecular formula is C7H8N2O3. The Morgan fingerprint density at radius 1 is 1.58 bits per heavy atom. The molecule has 1 rings (SSSR count). The standard InChI is InChI=1S/C7H8N2O3/c1-2-3-12-4-5-6(10)9-7(11)8-5/h1,5H,3-4H2,(H2,8,9,10,11). The lowest BCUT2D eigenvalue weighted by Gasteiger charge is -2.04. The van der Waals surface area contributed by atoms with Gasteiger partial charge in [0.1, 0.15) is 12.6 Å². The van der Waals surface area contributed by atoms with Crippen molar-refractivity contribution in [1.29, 1.82) is 0 Å². The molecule has 0 aromatic rings. The number of terminal acetylenes is 1. The molecule has 0 spiro atoms. The maximum absolute atomic E-state index is 10.9. The zero-order valence-electron chi connectivity index (χ0n) is 6.29. The lowest BCUT2D eigenvalue weighted by atomic mass is 10.3. The smallest absolute Gasteiger partial charge is 0.322 e. The fraction of sp³-hybridized carbons (Fsp3) is 0.429. The van der Waals surface area contributed by atoms with E-state index >= 15 is 0 Å². The van der Waals surface area contributed by atoms with Crippen molar-refractivity contribution < 1.29 is 14.3 Å². The highest BCUT2D eigenvalue weighted by Gasteiger charge is 2.29. The first-order valence-corrected chi connectivity index (χ1v) is 3.36. The molecule has 1 unspecified atom stereocenters. The highest BCUT2D eigenvalue weighted by Crippen LogP contribution is 1.93. The van der Waals surface area contributed by atoms with E-state index in [0.29, 0.717) is 0 Å². The third-order valence-corrected chi connectivity index (χ3v) is 1.33. The Hall–Kier alpha value is -1.54. The van der Waals surface area contributed by atoms with E-state index < -0.39 is 12.1 Å². The lowest BCUT2D eigenvalue weighted by Crippen LogP contribution is -2.33. The number of urea groups is 1.